The largest absolute Gasteiger partial charge is 0.456 e. The summed E-state index contributed by atoms with van der Waals surface area (Å²) in [6.07, 6.45) is 6.00. The number of halogens is 2. The zero-order valence-corrected chi connectivity index (χ0v) is 15.9. The van der Waals surface area contributed by atoms with Crippen LogP contribution in [0.5, 0.6) is 11.5 Å². The lowest BCUT2D eigenvalue weighted by atomic mass is 10.1. The molecule has 28 heavy (non-hydrogen) atoms. The summed E-state index contributed by atoms with van der Waals surface area (Å²) in [4.78, 5) is 16.2. The van der Waals surface area contributed by atoms with Crippen LogP contribution in [-0.4, -0.2) is 10.9 Å². The third kappa shape index (κ3) is 5.41. The van der Waals surface area contributed by atoms with Gasteiger partial charge in [-0.2, -0.15) is 0 Å². The van der Waals surface area contributed by atoms with Crippen LogP contribution in [0.3, 0.4) is 0 Å². The Bertz CT molecular complexity index is 993. The Kier molecular flexibility index (Phi) is 6.40. The molecule has 3 aromatic rings. The summed E-state index contributed by atoms with van der Waals surface area (Å²) in [7, 11) is 0. The second kappa shape index (κ2) is 9.15. The Morgan fingerprint density at radius 3 is 2.75 bits per heavy atom. The van der Waals surface area contributed by atoms with Crippen molar-refractivity contribution < 1.29 is 13.9 Å². The molecule has 0 unspecified atom stereocenters. The summed E-state index contributed by atoms with van der Waals surface area (Å²) in [5.41, 5.74) is 1.17. The summed E-state index contributed by atoms with van der Waals surface area (Å²) in [5.74, 6) is 0.458. The molecule has 0 aliphatic rings. The van der Waals surface area contributed by atoms with Crippen molar-refractivity contribution in [1.29, 1.82) is 0 Å². The number of hydrogen-bond donors (Lipinski definition) is 1. The van der Waals surface area contributed by atoms with Gasteiger partial charge in [0.25, 0.3) is 0 Å². The van der Waals surface area contributed by atoms with E-state index in [4.69, 9.17) is 16.3 Å². The van der Waals surface area contributed by atoms with Crippen molar-refractivity contribution in [3.63, 3.8) is 0 Å². The Labute approximate surface area is 167 Å². The van der Waals surface area contributed by atoms with E-state index < -0.39 is 5.82 Å². The smallest absolute Gasteiger partial charge is 0.244 e. The van der Waals surface area contributed by atoms with E-state index in [2.05, 4.69) is 10.3 Å². The van der Waals surface area contributed by atoms with Gasteiger partial charge in [-0.3, -0.25) is 9.78 Å². The van der Waals surface area contributed by atoms with Gasteiger partial charge in [-0.15, -0.1) is 0 Å². The fourth-order valence-corrected chi connectivity index (χ4v) is 2.70. The topological polar surface area (TPSA) is 51.2 Å². The number of carbonyl (C=O) groups excluding carboxylic acids is 1. The molecular formula is C22H18ClFN2O2. The van der Waals surface area contributed by atoms with Crippen LogP contribution in [0, 0.1) is 5.82 Å². The summed E-state index contributed by atoms with van der Waals surface area (Å²) in [6.45, 7) is 1.86. The number of carbonyl (C=O) groups is 1. The second-order valence-electron chi connectivity index (χ2n) is 6.09. The van der Waals surface area contributed by atoms with E-state index in [-0.39, 0.29) is 11.9 Å². The van der Waals surface area contributed by atoms with Crippen molar-refractivity contribution in [3.05, 3.63) is 95.0 Å². The van der Waals surface area contributed by atoms with E-state index in [0.717, 1.165) is 5.56 Å². The highest BCUT2D eigenvalue weighted by molar-refractivity contribution is 6.30. The number of pyridine rings is 1. The number of nitrogens with zero attached hydrogens (tertiary/aromatic N) is 1. The molecule has 4 nitrogen and oxygen atoms in total. The zero-order valence-electron chi connectivity index (χ0n) is 15.1. The average Bonchev–Trinajstić information content (AvgIpc) is 2.68. The van der Waals surface area contributed by atoms with Crippen LogP contribution in [0.15, 0.2) is 73.1 Å². The summed E-state index contributed by atoms with van der Waals surface area (Å²) in [6, 6.07) is 15.0. The minimum atomic E-state index is -0.482. The van der Waals surface area contributed by atoms with Crippen molar-refractivity contribution in [2.75, 3.05) is 0 Å². The molecule has 0 bridgehead atoms. The van der Waals surface area contributed by atoms with Gasteiger partial charge >= 0.3 is 0 Å². The highest BCUT2D eigenvalue weighted by Gasteiger charge is 2.09. The van der Waals surface area contributed by atoms with Gasteiger partial charge < -0.3 is 10.1 Å². The molecule has 1 heterocycles. The zero-order chi connectivity index (χ0) is 19.9. The fraction of sp³-hybridized carbons (Fsp3) is 0.0909. The first-order valence-electron chi connectivity index (χ1n) is 8.63. The van der Waals surface area contributed by atoms with E-state index in [9.17, 15) is 9.18 Å². The Hall–Kier alpha value is -3.18. The maximum Gasteiger partial charge on any atom is 0.244 e. The predicted molar refractivity (Wildman–Crippen MR) is 108 cm³/mol. The number of ether oxygens (including phenoxy) is 1. The van der Waals surface area contributed by atoms with Crippen molar-refractivity contribution in [3.8, 4) is 11.5 Å². The van der Waals surface area contributed by atoms with Crippen molar-refractivity contribution in [2.45, 2.75) is 13.0 Å². The molecule has 0 aliphatic heterocycles. The van der Waals surface area contributed by atoms with Crippen LogP contribution in [0.1, 0.15) is 24.1 Å². The first-order valence-corrected chi connectivity index (χ1v) is 9.00. The standard InChI is InChI=1S/C22H18ClFN2O2/c1-15(26-22(27)10-8-16-7-9-18(23)13-21(16)24)17-4-2-5-19(12-17)28-20-6-3-11-25-14-20/h2-15H,1H3,(H,26,27)/b10-8+/t15-/m0/s1. The number of nitrogens with one attached hydrogen (secondary N) is 1. The monoisotopic (exact) mass is 396 g/mol. The molecule has 0 fully saturated rings. The average molecular weight is 397 g/mol. The van der Waals surface area contributed by atoms with Crippen LogP contribution < -0.4 is 10.1 Å². The Morgan fingerprint density at radius 1 is 1.18 bits per heavy atom. The van der Waals surface area contributed by atoms with Gasteiger partial charge in [-0.25, -0.2) is 4.39 Å². The number of amides is 1. The summed E-state index contributed by atoms with van der Waals surface area (Å²) < 4.78 is 19.5. The molecule has 0 spiro atoms. The number of hydrogen-bond acceptors (Lipinski definition) is 3. The minimum absolute atomic E-state index is 0.260. The van der Waals surface area contributed by atoms with Gasteiger partial charge in [0, 0.05) is 22.9 Å². The summed E-state index contributed by atoms with van der Waals surface area (Å²) >= 11 is 5.72. The van der Waals surface area contributed by atoms with Crippen LogP contribution >= 0.6 is 11.6 Å². The van der Waals surface area contributed by atoms with Gasteiger partial charge in [0.05, 0.1) is 12.2 Å². The molecule has 0 aliphatic carbocycles. The molecule has 1 N–H and O–H groups in total. The highest BCUT2D eigenvalue weighted by Crippen LogP contribution is 2.24. The first kappa shape index (κ1) is 19.6. The van der Waals surface area contributed by atoms with Gasteiger partial charge in [0.1, 0.15) is 17.3 Å². The molecule has 0 saturated carbocycles. The lowest BCUT2D eigenvalue weighted by Crippen LogP contribution is -2.24. The van der Waals surface area contributed by atoms with E-state index in [1.165, 1.54) is 24.3 Å². The molecule has 3 rings (SSSR count). The Balaban J connectivity index is 1.63. The van der Waals surface area contributed by atoms with Gasteiger partial charge in [0.2, 0.25) is 5.91 Å². The summed E-state index contributed by atoms with van der Waals surface area (Å²) in [5, 5.41) is 3.15. The fourth-order valence-electron chi connectivity index (χ4n) is 2.54. The Morgan fingerprint density at radius 2 is 2.00 bits per heavy atom. The normalized spacial score (nSPS) is 12.0. The van der Waals surface area contributed by atoms with Crippen LogP contribution in [0.25, 0.3) is 6.08 Å². The van der Waals surface area contributed by atoms with Crippen molar-refractivity contribution >= 4 is 23.6 Å². The minimum Gasteiger partial charge on any atom is -0.456 e. The molecule has 0 saturated heterocycles. The molecule has 142 valence electrons. The third-order valence-corrected chi connectivity index (χ3v) is 4.20. The molecule has 0 radical (unpaired) electrons. The molecule has 1 aromatic heterocycles. The van der Waals surface area contributed by atoms with E-state index >= 15 is 0 Å². The molecule has 6 heteroatoms. The van der Waals surface area contributed by atoms with E-state index in [1.54, 1.807) is 24.5 Å². The van der Waals surface area contributed by atoms with Gasteiger partial charge in [0.15, 0.2) is 0 Å². The second-order valence-corrected chi connectivity index (χ2v) is 6.53. The van der Waals surface area contributed by atoms with Gasteiger partial charge in [-0.1, -0.05) is 29.8 Å². The first-order chi connectivity index (χ1) is 13.5. The lowest BCUT2D eigenvalue weighted by molar-refractivity contribution is -0.117. The third-order valence-electron chi connectivity index (χ3n) is 3.96. The van der Waals surface area contributed by atoms with Crippen molar-refractivity contribution in [2.24, 2.45) is 0 Å². The van der Waals surface area contributed by atoms with Crippen LogP contribution in [-0.2, 0) is 4.79 Å². The quantitative estimate of drug-likeness (QED) is 0.555. The number of rotatable bonds is 6. The molecule has 1 atom stereocenters. The predicted octanol–water partition coefficient (Wildman–Crippen LogP) is 5.56. The van der Waals surface area contributed by atoms with Crippen molar-refractivity contribution in [1.82, 2.24) is 10.3 Å². The number of aromatic nitrogens is 1. The SMILES string of the molecule is C[C@H](NC(=O)/C=C/c1ccc(Cl)cc1F)c1cccc(Oc2cccnc2)c1. The lowest BCUT2D eigenvalue weighted by Gasteiger charge is -2.14. The van der Waals surface area contributed by atoms with Gasteiger partial charge in [-0.05, 0) is 55.0 Å². The number of benzene rings is 2. The molecule has 1 amide bonds. The van der Waals surface area contributed by atoms with E-state index in [1.807, 2.05) is 37.3 Å². The molecule has 2 aromatic carbocycles. The highest BCUT2D eigenvalue weighted by atomic mass is 35.5. The van der Waals surface area contributed by atoms with Crippen LogP contribution in [0.4, 0.5) is 4.39 Å². The van der Waals surface area contributed by atoms with E-state index in [0.29, 0.717) is 22.1 Å². The maximum absolute atomic E-state index is 13.8. The van der Waals surface area contributed by atoms with Crippen LogP contribution in [0.2, 0.25) is 5.02 Å². The maximum atomic E-state index is 13.8. The molecular weight excluding hydrogens is 379 g/mol.